The van der Waals surface area contributed by atoms with Crippen LogP contribution in [0.4, 0.5) is 0 Å². The monoisotopic (exact) mass is 1110 g/mol. The molecule has 6 bridgehead atoms. The molecule has 0 spiro atoms. The molecule has 15 atom stereocenters. The van der Waals surface area contributed by atoms with E-state index >= 15 is 0 Å². The fraction of sp³-hybridized carbons (Fsp3) is 0.686. The third-order valence-corrected chi connectivity index (χ3v) is 18.2. The van der Waals surface area contributed by atoms with E-state index in [1.165, 1.54) is 36.9 Å². The van der Waals surface area contributed by atoms with Gasteiger partial charge in [0.2, 0.25) is 5.91 Å². The Morgan fingerprint density at radius 2 is 1.61 bits per heavy atom. The van der Waals surface area contributed by atoms with Gasteiger partial charge in [0.25, 0.3) is 5.91 Å². The van der Waals surface area contributed by atoms with Gasteiger partial charge in [-0.1, -0.05) is 84.2 Å². The number of hydrogen-bond donors (Lipinski definition) is 4. The van der Waals surface area contributed by atoms with Crippen LogP contribution in [0.5, 0.6) is 0 Å². The molecular weight excluding hydrogens is 1030 g/mol. The number of thioether (sulfide) groups is 2. The molecule has 20 heteroatoms. The van der Waals surface area contributed by atoms with E-state index in [2.05, 4.69) is 26.6 Å². The van der Waals surface area contributed by atoms with Gasteiger partial charge in [-0.2, -0.15) is 0 Å². The number of halogens is 1. The Morgan fingerprint density at radius 1 is 0.944 bits per heavy atom. The fourth-order valence-corrected chi connectivity index (χ4v) is 12.8. The quantitative estimate of drug-likeness (QED) is 0.120. The van der Waals surface area contributed by atoms with E-state index in [-0.39, 0.29) is 11.8 Å². The molecule has 394 valence electrons. The second kappa shape index (κ2) is 25.2. The van der Waals surface area contributed by atoms with E-state index in [4.69, 9.17) is 33.9 Å². The number of nitrogens with zero attached hydrogens (tertiary/aromatic N) is 3. The Balaban J connectivity index is 1.59. The molecule has 0 fully saturated rings. The van der Waals surface area contributed by atoms with Crippen LogP contribution in [0.1, 0.15) is 123 Å². The third-order valence-electron chi connectivity index (χ3n) is 14.0. The molecular formula is C51H74BrN5O11S3. The number of ether oxygens (including phenoxy) is 4. The highest BCUT2D eigenvalue weighted by Gasteiger charge is 2.49. The zero-order chi connectivity index (χ0) is 52.7. The van der Waals surface area contributed by atoms with E-state index in [1.54, 1.807) is 63.9 Å². The number of fused-ring (bicyclic) bond motifs is 6. The lowest BCUT2D eigenvalue weighted by atomic mass is 9.80. The zero-order valence-corrected chi connectivity index (χ0v) is 47.3. The minimum absolute atomic E-state index is 0.191. The molecule has 1 aromatic heterocycles. The summed E-state index contributed by atoms with van der Waals surface area (Å²) in [4.78, 5) is 85.9. The van der Waals surface area contributed by atoms with Crippen molar-refractivity contribution in [1.82, 2.24) is 15.6 Å². The summed E-state index contributed by atoms with van der Waals surface area (Å²) in [7, 11) is 1.57. The highest BCUT2D eigenvalue weighted by atomic mass is 79.9. The second-order valence-electron chi connectivity index (χ2n) is 20.3. The van der Waals surface area contributed by atoms with Gasteiger partial charge in [-0.15, -0.1) is 34.9 Å². The van der Waals surface area contributed by atoms with E-state index in [0.29, 0.717) is 47.1 Å². The smallest absolute Gasteiger partial charge is 0.338 e. The number of methoxy groups -OCH3 is 1. The normalized spacial score (nSPS) is 31.5. The minimum Gasteiger partial charge on any atom is -0.460 e. The maximum absolute atomic E-state index is 14.6. The summed E-state index contributed by atoms with van der Waals surface area (Å²) >= 11 is 7.89. The number of nitrogens with one attached hydrogen (secondary N) is 2. The van der Waals surface area contributed by atoms with Crippen molar-refractivity contribution in [3.8, 4) is 0 Å². The van der Waals surface area contributed by atoms with Crippen LogP contribution in [0.25, 0.3) is 0 Å². The number of esters is 3. The minimum atomic E-state index is -1.64. The SMILES string of the molecule is CCC[C@@H](C)[C@H](OC(=O)c1ccc(Br)cc1)[C@H](C)[C@H]1OC(=O)[C@H](C(C)O)NC(=O)[C@H](C(C)C)OC(=O)[C@H](C)[C@H](O)[C@H]([C@@H](C)CC)NC(=O)[C@@]2(C)CSC(=N2)[C@@]2(C)CSC(=N2)c2csc(n2)C[C@H](OC)[C@@H]1C. The topological polar surface area (TPSA) is 224 Å². The first-order valence-corrected chi connectivity index (χ1v) is 28.3. The number of carbonyl (C=O) groups excluding carboxylic acids is 5. The molecule has 3 aliphatic heterocycles. The Labute approximate surface area is 440 Å². The number of thiazole rings is 1. The van der Waals surface area contributed by atoms with Crippen molar-refractivity contribution >= 4 is 90.6 Å². The molecule has 16 nitrogen and oxygen atoms in total. The first kappa shape index (κ1) is 58.5. The molecule has 4 N–H and O–H groups in total. The van der Waals surface area contributed by atoms with Crippen molar-refractivity contribution in [1.29, 1.82) is 0 Å². The van der Waals surface area contributed by atoms with Crippen LogP contribution in [-0.2, 0) is 44.5 Å². The van der Waals surface area contributed by atoms with Crippen molar-refractivity contribution in [3.63, 3.8) is 0 Å². The summed E-state index contributed by atoms with van der Waals surface area (Å²) in [5.74, 6) is -6.34. The molecule has 0 aliphatic carbocycles. The molecule has 1 aromatic carbocycles. The Bertz CT molecular complexity index is 2260. The van der Waals surface area contributed by atoms with Gasteiger partial charge in [0.05, 0.1) is 45.9 Å². The molecule has 3 aliphatic rings. The molecule has 1 unspecified atom stereocenters. The van der Waals surface area contributed by atoms with Crippen LogP contribution in [0.3, 0.4) is 0 Å². The number of aliphatic hydroxyl groups excluding tert-OH is 2. The second-order valence-corrected chi connectivity index (χ2v) is 24.1. The van der Waals surface area contributed by atoms with Crippen molar-refractivity contribution in [2.45, 2.75) is 169 Å². The van der Waals surface area contributed by atoms with Gasteiger partial charge in [-0.3, -0.25) is 24.4 Å². The third kappa shape index (κ3) is 14.1. The van der Waals surface area contributed by atoms with Crippen LogP contribution in [0, 0.1) is 35.5 Å². The number of hydrogen-bond acceptors (Lipinski definition) is 17. The Kier molecular flexibility index (Phi) is 20.8. The zero-order valence-electron chi connectivity index (χ0n) is 43.2. The number of aliphatic hydroxyl groups is 2. The first-order chi connectivity index (χ1) is 33.4. The van der Waals surface area contributed by atoms with Crippen LogP contribution in [0.2, 0.25) is 0 Å². The first-order valence-electron chi connectivity index (χ1n) is 24.7. The van der Waals surface area contributed by atoms with Crippen molar-refractivity contribution in [2.75, 3.05) is 18.6 Å². The van der Waals surface area contributed by atoms with Gasteiger partial charge < -0.3 is 39.8 Å². The summed E-state index contributed by atoms with van der Waals surface area (Å²) < 4.78 is 25.6. The molecule has 71 heavy (non-hydrogen) atoms. The number of carbonyl (C=O) groups is 5. The number of benzene rings is 1. The molecule has 0 saturated heterocycles. The van der Waals surface area contributed by atoms with Crippen molar-refractivity contribution < 1.29 is 53.1 Å². The lowest BCUT2D eigenvalue weighted by molar-refractivity contribution is -0.172. The molecule has 0 saturated carbocycles. The maximum Gasteiger partial charge on any atom is 0.338 e. The highest BCUT2D eigenvalue weighted by Crippen LogP contribution is 2.41. The number of amides is 2. The lowest BCUT2D eigenvalue weighted by Gasteiger charge is -2.39. The van der Waals surface area contributed by atoms with E-state index in [9.17, 15) is 34.2 Å². The van der Waals surface area contributed by atoms with E-state index in [1.807, 2.05) is 53.8 Å². The molecule has 2 amide bonds. The van der Waals surface area contributed by atoms with Crippen LogP contribution in [-0.4, -0.2) is 133 Å². The lowest BCUT2D eigenvalue weighted by Crippen LogP contribution is -2.57. The molecule has 5 rings (SSSR count). The van der Waals surface area contributed by atoms with Gasteiger partial charge >= 0.3 is 17.9 Å². The van der Waals surface area contributed by atoms with Crippen LogP contribution < -0.4 is 10.6 Å². The Morgan fingerprint density at radius 3 is 2.21 bits per heavy atom. The summed E-state index contributed by atoms with van der Waals surface area (Å²) in [5, 5.41) is 32.7. The summed E-state index contributed by atoms with van der Waals surface area (Å²) in [6.07, 6.45) is -4.42. The van der Waals surface area contributed by atoms with Gasteiger partial charge in [0.15, 0.2) is 12.1 Å². The standard InChI is InChI=1S/C51H74BrN5O11S3/c1-14-16-27(6)41(67-46(62)32-17-19-33(52)20-18-32)30(9)42-28(7)35(65-13)21-36-53-34(22-69-36)44-56-51(12,24-70-44)49-57-50(11,23-71-49)48(64)55-37(26(5)15-2)39(59)29(8)45(61)66-40(25(3)4)43(60)54-38(31(10)58)47(63)68-42/h17-20,22,25-31,35,37-42,58-59H,14-16,21,23-24H2,1-13H3,(H,54,60)(H,55,64)/t26-,27+,28-,29+,30-,31?,35-,37-,38-,39-,40-,41-,42-,50+,51+/m0/s1. The highest BCUT2D eigenvalue weighted by molar-refractivity contribution is 9.10. The number of rotatable bonds is 12. The summed E-state index contributed by atoms with van der Waals surface area (Å²) in [6, 6.07) is 4.31. The van der Waals surface area contributed by atoms with Gasteiger partial charge in [-0.05, 0) is 76.1 Å². The number of cyclic esters (lactones) is 2. The Hall–Kier alpha value is -3.40. The van der Waals surface area contributed by atoms with E-state index < -0.39 is 113 Å². The van der Waals surface area contributed by atoms with Crippen LogP contribution >= 0.6 is 50.8 Å². The fourth-order valence-electron chi connectivity index (χ4n) is 9.14. The van der Waals surface area contributed by atoms with Crippen LogP contribution in [0.15, 0.2) is 44.1 Å². The summed E-state index contributed by atoms with van der Waals surface area (Å²) in [6.45, 7) is 21.4. The number of aliphatic imine (C=N–C) groups is 2. The van der Waals surface area contributed by atoms with Gasteiger partial charge in [-0.25, -0.2) is 14.6 Å². The predicted octanol–water partition coefficient (Wildman–Crippen LogP) is 7.44. The molecule has 2 aromatic rings. The average molecular weight is 1110 g/mol. The number of aromatic nitrogens is 1. The summed E-state index contributed by atoms with van der Waals surface area (Å²) in [5.41, 5.74) is -0.906. The van der Waals surface area contributed by atoms with Crippen molar-refractivity contribution in [2.24, 2.45) is 45.5 Å². The molecule has 4 heterocycles. The van der Waals surface area contributed by atoms with E-state index in [0.717, 1.165) is 20.9 Å². The van der Waals surface area contributed by atoms with Gasteiger partial charge in [0, 0.05) is 46.7 Å². The molecule has 0 radical (unpaired) electrons. The van der Waals surface area contributed by atoms with Crippen molar-refractivity contribution in [3.05, 3.63) is 50.4 Å². The predicted molar refractivity (Wildman–Crippen MR) is 283 cm³/mol. The van der Waals surface area contributed by atoms with Gasteiger partial charge in [0.1, 0.15) is 34.0 Å². The average Bonchev–Trinajstić information content (AvgIpc) is 4.09. The maximum atomic E-state index is 14.6. The largest absolute Gasteiger partial charge is 0.460 e.